The van der Waals surface area contributed by atoms with E-state index in [-0.39, 0.29) is 11.6 Å². The van der Waals surface area contributed by atoms with Crippen molar-refractivity contribution in [2.45, 2.75) is 6.92 Å². The summed E-state index contributed by atoms with van der Waals surface area (Å²) in [6, 6.07) is 2.41. The van der Waals surface area contributed by atoms with Crippen molar-refractivity contribution >= 4 is 15.8 Å². The number of nitrogens with zero attached hydrogens (tertiary/aromatic N) is 1. The van der Waals surface area contributed by atoms with Crippen LogP contribution in [0.25, 0.3) is 0 Å². The Morgan fingerprint density at radius 3 is 2.69 bits per heavy atom. The highest BCUT2D eigenvalue weighted by Gasteiger charge is 2.06. The normalized spacial score (nSPS) is 11.2. The first-order valence-electron chi connectivity index (χ1n) is 3.65. The maximum absolute atomic E-state index is 12.4. The minimum atomic E-state index is -3.32. The Labute approximate surface area is 75.9 Å². The molecule has 6 heteroatoms. The van der Waals surface area contributed by atoms with Crippen LogP contribution in [-0.4, -0.2) is 19.2 Å². The van der Waals surface area contributed by atoms with Gasteiger partial charge in [0.05, 0.1) is 11.9 Å². The second kappa shape index (κ2) is 3.69. The molecule has 0 aromatic carbocycles. The number of hydrogen-bond acceptors (Lipinski definition) is 3. The van der Waals surface area contributed by atoms with Gasteiger partial charge in [-0.3, -0.25) is 4.72 Å². The third-order valence-electron chi connectivity index (χ3n) is 1.37. The molecule has 0 fully saturated rings. The minimum Gasteiger partial charge on any atom is -0.267 e. The molecule has 0 radical (unpaired) electrons. The monoisotopic (exact) mass is 204 g/mol. The van der Waals surface area contributed by atoms with Gasteiger partial charge in [0.15, 0.2) is 0 Å². The molecule has 1 rings (SSSR count). The molecular formula is C7H9FN2O2S. The van der Waals surface area contributed by atoms with Gasteiger partial charge in [-0.2, -0.15) is 0 Å². The van der Waals surface area contributed by atoms with E-state index in [9.17, 15) is 12.8 Å². The molecule has 4 nitrogen and oxygen atoms in total. The van der Waals surface area contributed by atoms with Gasteiger partial charge in [0.1, 0.15) is 11.6 Å². The number of sulfonamides is 1. The van der Waals surface area contributed by atoms with E-state index in [1.807, 2.05) is 0 Å². The summed E-state index contributed by atoms with van der Waals surface area (Å²) < 4.78 is 36.6. The number of rotatable bonds is 3. The summed E-state index contributed by atoms with van der Waals surface area (Å²) in [7, 11) is -3.32. The molecule has 13 heavy (non-hydrogen) atoms. The Bertz CT molecular complexity index is 374. The van der Waals surface area contributed by atoms with E-state index >= 15 is 0 Å². The molecule has 1 N–H and O–H groups in total. The van der Waals surface area contributed by atoms with Gasteiger partial charge < -0.3 is 0 Å². The van der Waals surface area contributed by atoms with Crippen LogP contribution in [0.4, 0.5) is 10.2 Å². The molecule has 1 heterocycles. The van der Waals surface area contributed by atoms with Crippen LogP contribution < -0.4 is 4.72 Å². The average molecular weight is 204 g/mol. The van der Waals surface area contributed by atoms with E-state index in [1.54, 1.807) is 0 Å². The predicted octanol–water partition coefficient (Wildman–Crippen LogP) is 0.982. The maximum Gasteiger partial charge on any atom is 0.233 e. The van der Waals surface area contributed by atoms with E-state index in [0.717, 1.165) is 12.3 Å². The standard InChI is InChI=1S/C7H9FN2O2S/c1-2-13(11,12)10-7-4-3-6(8)5-9-7/h3-5H,2H2,1H3,(H,9,10). The fraction of sp³-hybridized carbons (Fsp3) is 0.286. The summed E-state index contributed by atoms with van der Waals surface area (Å²) in [6.45, 7) is 1.51. The van der Waals surface area contributed by atoms with E-state index in [0.29, 0.717) is 0 Å². The fourth-order valence-corrected chi connectivity index (χ4v) is 1.25. The second-order valence-corrected chi connectivity index (χ2v) is 4.38. The zero-order valence-electron chi connectivity index (χ0n) is 6.99. The molecule has 0 saturated heterocycles. The summed E-state index contributed by atoms with van der Waals surface area (Å²) >= 11 is 0. The Kier molecular flexibility index (Phi) is 2.82. The van der Waals surface area contributed by atoms with E-state index in [2.05, 4.69) is 9.71 Å². The molecule has 1 aromatic heterocycles. The van der Waals surface area contributed by atoms with Gasteiger partial charge in [-0.1, -0.05) is 0 Å². The van der Waals surface area contributed by atoms with Gasteiger partial charge in [-0.25, -0.2) is 17.8 Å². The van der Waals surface area contributed by atoms with Crippen molar-refractivity contribution in [1.29, 1.82) is 0 Å². The molecule has 72 valence electrons. The molecule has 0 spiro atoms. The number of pyridine rings is 1. The first-order chi connectivity index (χ1) is 6.03. The molecule has 0 aliphatic heterocycles. The first kappa shape index (κ1) is 9.91. The maximum atomic E-state index is 12.4. The van der Waals surface area contributed by atoms with Crippen LogP contribution in [0.2, 0.25) is 0 Å². The highest BCUT2D eigenvalue weighted by Crippen LogP contribution is 2.05. The third-order valence-corrected chi connectivity index (χ3v) is 2.65. The highest BCUT2D eigenvalue weighted by molar-refractivity contribution is 7.92. The number of halogens is 1. The van der Waals surface area contributed by atoms with Crippen molar-refractivity contribution < 1.29 is 12.8 Å². The molecular weight excluding hydrogens is 195 g/mol. The van der Waals surface area contributed by atoms with Crippen LogP contribution in [0.3, 0.4) is 0 Å². The van der Waals surface area contributed by atoms with Crippen molar-refractivity contribution in [3.05, 3.63) is 24.1 Å². The third kappa shape index (κ3) is 2.98. The lowest BCUT2D eigenvalue weighted by molar-refractivity contribution is 0.601. The van der Waals surface area contributed by atoms with Gasteiger partial charge in [-0.05, 0) is 19.1 Å². The van der Waals surface area contributed by atoms with E-state index < -0.39 is 15.8 Å². The summed E-state index contributed by atoms with van der Waals surface area (Å²) in [5, 5.41) is 0. The Balaban J connectivity index is 2.82. The van der Waals surface area contributed by atoms with Crippen LogP contribution >= 0.6 is 0 Å². The molecule has 0 aliphatic carbocycles. The Morgan fingerprint density at radius 2 is 2.23 bits per heavy atom. The lowest BCUT2D eigenvalue weighted by Crippen LogP contribution is -2.15. The summed E-state index contributed by atoms with van der Waals surface area (Å²) in [4.78, 5) is 3.55. The van der Waals surface area contributed by atoms with E-state index in [4.69, 9.17) is 0 Å². The second-order valence-electron chi connectivity index (χ2n) is 2.37. The van der Waals surface area contributed by atoms with Crippen molar-refractivity contribution in [1.82, 2.24) is 4.98 Å². The van der Waals surface area contributed by atoms with Crippen molar-refractivity contribution in [2.75, 3.05) is 10.5 Å². The van der Waals surface area contributed by atoms with Crippen LogP contribution in [0.5, 0.6) is 0 Å². The SMILES string of the molecule is CCS(=O)(=O)Nc1ccc(F)cn1. The topological polar surface area (TPSA) is 59.1 Å². The highest BCUT2D eigenvalue weighted by atomic mass is 32.2. The smallest absolute Gasteiger partial charge is 0.233 e. The lowest BCUT2D eigenvalue weighted by atomic mass is 10.5. The number of hydrogen-bond donors (Lipinski definition) is 1. The van der Waals surface area contributed by atoms with Gasteiger partial charge in [-0.15, -0.1) is 0 Å². The summed E-state index contributed by atoms with van der Waals surface area (Å²) in [5.41, 5.74) is 0. The summed E-state index contributed by atoms with van der Waals surface area (Å²) in [5.74, 6) is -0.408. The number of aromatic nitrogens is 1. The number of anilines is 1. The summed E-state index contributed by atoms with van der Waals surface area (Å²) in [6.07, 6.45) is 0.952. The predicted molar refractivity (Wildman–Crippen MR) is 47.3 cm³/mol. The molecule has 0 saturated carbocycles. The van der Waals surface area contributed by atoms with Crippen LogP contribution in [-0.2, 0) is 10.0 Å². The van der Waals surface area contributed by atoms with Gasteiger partial charge >= 0.3 is 0 Å². The molecule has 0 bridgehead atoms. The minimum absolute atomic E-state index is 0.0357. The molecule has 0 aliphatic rings. The molecule has 1 aromatic rings. The van der Waals surface area contributed by atoms with Crippen LogP contribution in [0, 0.1) is 5.82 Å². The van der Waals surface area contributed by atoms with Crippen molar-refractivity contribution in [3.63, 3.8) is 0 Å². The van der Waals surface area contributed by atoms with Crippen LogP contribution in [0.1, 0.15) is 6.92 Å². The largest absolute Gasteiger partial charge is 0.267 e. The lowest BCUT2D eigenvalue weighted by Gasteiger charge is -2.03. The Morgan fingerprint density at radius 1 is 1.54 bits per heavy atom. The zero-order valence-corrected chi connectivity index (χ0v) is 7.81. The van der Waals surface area contributed by atoms with Gasteiger partial charge in [0, 0.05) is 0 Å². The Hall–Kier alpha value is -1.17. The zero-order chi connectivity index (χ0) is 9.90. The molecule has 0 unspecified atom stereocenters. The molecule has 0 amide bonds. The molecule has 0 atom stereocenters. The van der Waals surface area contributed by atoms with Gasteiger partial charge in [0.2, 0.25) is 10.0 Å². The van der Waals surface area contributed by atoms with E-state index in [1.165, 1.54) is 13.0 Å². The average Bonchev–Trinajstić information content (AvgIpc) is 2.09. The van der Waals surface area contributed by atoms with Crippen LogP contribution in [0.15, 0.2) is 18.3 Å². The fourth-order valence-electron chi connectivity index (χ4n) is 0.668. The van der Waals surface area contributed by atoms with Gasteiger partial charge in [0.25, 0.3) is 0 Å². The first-order valence-corrected chi connectivity index (χ1v) is 5.31. The quantitative estimate of drug-likeness (QED) is 0.798. The van der Waals surface area contributed by atoms with Crippen molar-refractivity contribution in [2.24, 2.45) is 0 Å². The number of nitrogens with one attached hydrogen (secondary N) is 1. The van der Waals surface area contributed by atoms with Crippen molar-refractivity contribution in [3.8, 4) is 0 Å².